The summed E-state index contributed by atoms with van der Waals surface area (Å²) in [5.74, 6) is 0. The van der Waals surface area contributed by atoms with E-state index in [0.717, 1.165) is 6.29 Å². The van der Waals surface area contributed by atoms with E-state index in [1.807, 2.05) is 0 Å². The molecule has 61 valence electrons. The molecule has 0 heterocycles. The van der Waals surface area contributed by atoms with Gasteiger partial charge in [-0.3, -0.25) is 4.57 Å². The molecular weight excluding hydrogens is 153 g/mol. The Morgan fingerprint density at radius 2 is 1.80 bits per heavy atom. The van der Waals surface area contributed by atoms with Gasteiger partial charge in [-0.2, -0.15) is 0 Å². The van der Waals surface area contributed by atoms with Crippen molar-refractivity contribution in [3.63, 3.8) is 0 Å². The Balaban J connectivity index is 3.83. The maximum atomic E-state index is 11.2. The maximum absolute atomic E-state index is 11.2. The number of rotatable bonds is 5. The zero-order valence-electron chi connectivity index (χ0n) is 6.24. The minimum absolute atomic E-state index is 0.338. The first-order chi connectivity index (χ1) is 4.68. The molecule has 0 aliphatic rings. The second-order valence-electron chi connectivity index (χ2n) is 1.52. The van der Waals surface area contributed by atoms with Gasteiger partial charge in [0.2, 0.25) is 0 Å². The minimum atomic E-state index is -3.05. The fourth-order valence-corrected chi connectivity index (χ4v) is 1.45. The summed E-state index contributed by atoms with van der Waals surface area (Å²) in [6, 6.07) is 0. The van der Waals surface area contributed by atoms with Crippen molar-refractivity contribution in [2.45, 2.75) is 13.8 Å². The van der Waals surface area contributed by atoms with Crippen LogP contribution in [0.5, 0.6) is 0 Å². The van der Waals surface area contributed by atoms with Gasteiger partial charge >= 0.3 is 7.60 Å². The van der Waals surface area contributed by atoms with Crippen LogP contribution in [0, 0.1) is 6.29 Å². The van der Waals surface area contributed by atoms with Gasteiger partial charge in [-0.15, -0.1) is 0 Å². The molecule has 0 spiro atoms. The van der Waals surface area contributed by atoms with Crippen molar-refractivity contribution in [2.75, 3.05) is 13.2 Å². The van der Waals surface area contributed by atoms with Crippen molar-refractivity contribution in [3.8, 4) is 0 Å². The Hall–Kier alpha value is 0.110. The molecule has 0 amide bonds. The molecule has 0 saturated carbocycles. The van der Waals surface area contributed by atoms with Crippen LogP contribution in [-0.4, -0.2) is 13.2 Å². The number of nitrogens with two attached hydrogens (primary N) is 1. The summed E-state index contributed by atoms with van der Waals surface area (Å²) >= 11 is 0. The predicted octanol–water partition coefficient (Wildman–Crippen LogP) is 1.33. The van der Waals surface area contributed by atoms with E-state index in [4.69, 9.17) is 14.8 Å². The summed E-state index contributed by atoms with van der Waals surface area (Å²) < 4.78 is 20.7. The maximum Gasteiger partial charge on any atom is 0.349 e. The summed E-state index contributed by atoms with van der Waals surface area (Å²) in [5, 5.41) is 0. The minimum Gasteiger partial charge on any atom is -0.316 e. The van der Waals surface area contributed by atoms with Crippen LogP contribution in [0.4, 0.5) is 0 Å². The lowest BCUT2D eigenvalue weighted by atomic mass is 10.9. The van der Waals surface area contributed by atoms with Crippen LogP contribution in [0.1, 0.15) is 13.8 Å². The highest BCUT2D eigenvalue weighted by Crippen LogP contribution is 2.48. The molecule has 0 aromatic carbocycles. The average molecular weight is 166 g/mol. The quantitative estimate of drug-likeness (QED) is 0.626. The monoisotopic (exact) mass is 166 g/mol. The van der Waals surface area contributed by atoms with E-state index in [9.17, 15) is 4.57 Å². The Kier molecular flexibility index (Phi) is 4.91. The summed E-state index contributed by atoms with van der Waals surface area (Å²) in [5.41, 5.74) is 5.04. The number of hydrogen-bond donors (Lipinski definition) is 1. The van der Waals surface area contributed by atoms with E-state index in [0.29, 0.717) is 13.2 Å². The van der Waals surface area contributed by atoms with E-state index in [1.54, 1.807) is 13.8 Å². The first kappa shape index (κ1) is 10.1. The molecule has 4 nitrogen and oxygen atoms in total. The molecule has 0 aromatic heterocycles. The van der Waals surface area contributed by atoms with E-state index in [2.05, 4.69) is 0 Å². The van der Waals surface area contributed by atoms with Gasteiger partial charge in [0.25, 0.3) is 0 Å². The van der Waals surface area contributed by atoms with Crippen LogP contribution in [-0.2, 0) is 13.6 Å². The molecule has 0 unspecified atom stereocenters. The van der Waals surface area contributed by atoms with Gasteiger partial charge in [-0.25, -0.2) is 0 Å². The second kappa shape index (κ2) is 4.85. The van der Waals surface area contributed by atoms with Gasteiger partial charge in [0.1, 0.15) is 6.29 Å². The SMILES string of the molecule is CCOP(=O)([CH]N)OCC. The molecule has 0 aliphatic carbocycles. The lowest BCUT2D eigenvalue weighted by Crippen LogP contribution is -2.01. The molecule has 0 bridgehead atoms. The van der Waals surface area contributed by atoms with Crippen molar-refractivity contribution in [1.82, 2.24) is 0 Å². The Morgan fingerprint density at radius 3 is 2.00 bits per heavy atom. The molecule has 5 heteroatoms. The summed E-state index contributed by atoms with van der Waals surface area (Å²) in [4.78, 5) is 0. The highest BCUT2D eigenvalue weighted by atomic mass is 31.2. The topological polar surface area (TPSA) is 61.5 Å². The third-order valence-electron chi connectivity index (χ3n) is 0.801. The van der Waals surface area contributed by atoms with Gasteiger partial charge in [0.15, 0.2) is 0 Å². The smallest absolute Gasteiger partial charge is 0.316 e. The first-order valence-corrected chi connectivity index (χ1v) is 4.74. The lowest BCUT2D eigenvalue weighted by Gasteiger charge is -2.13. The van der Waals surface area contributed by atoms with Gasteiger partial charge in [-0.1, -0.05) is 0 Å². The molecule has 0 atom stereocenters. The fraction of sp³-hybridized carbons (Fsp3) is 0.800. The van der Waals surface area contributed by atoms with Crippen LogP contribution >= 0.6 is 7.60 Å². The molecule has 1 radical (unpaired) electrons. The Morgan fingerprint density at radius 1 is 1.40 bits per heavy atom. The zero-order chi connectivity index (χ0) is 8.04. The standard InChI is InChI=1S/C5H13NO3P/c1-3-8-10(7,5-6)9-4-2/h5H,3-4,6H2,1-2H3. The Bertz CT molecular complexity index is 118. The first-order valence-electron chi connectivity index (χ1n) is 3.13. The second-order valence-corrected chi connectivity index (χ2v) is 3.42. The van der Waals surface area contributed by atoms with E-state index < -0.39 is 7.60 Å². The van der Waals surface area contributed by atoms with E-state index in [-0.39, 0.29) is 0 Å². The third-order valence-corrected chi connectivity index (χ3v) is 2.40. The normalized spacial score (nSPS) is 11.9. The lowest BCUT2D eigenvalue weighted by molar-refractivity contribution is 0.225. The van der Waals surface area contributed by atoms with Crippen LogP contribution in [0.2, 0.25) is 0 Å². The summed E-state index contributed by atoms with van der Waals surface area (Å²) in [6.45, 7) is 4.14. The van der Waals surface area contributed by atoms with E-state index in [1.165, 1.54) is 0 Å². The van der Waals surface area contributed by atoms with Gasteiger partial charge in [0, 0.05) is 0 Å². The fourth-order valence-electron chi connectivity index (χ4n) is 0.483. The molecule has 0 rings (SSSR count). The van der Waals surface area contributed by atoms with Crippen molar-refractivity contribution in [1.29, 1.82) is 0 Å². The molecule has 10 heavy (non-hydrogen) atoms. The molecular formula is C5H13NO3P. The predicted molar refractivity (Wildman–Crippen MR) is 39.3 cm³/mol. The summed E-state index contributed by atoms with van der Waals surface area (Å²) in [6.07, 6.45) is 0.972. The number of hydrogen-bond acceptors (Lipinski definition) is 4. The van der Waals surface area contributed by atoms with E-state index >= 15 is 0 Å². The third kappa shape index (κ3) is 3.32. The van der Waals surface area contributed by atoms with Gasteiger partial charge < -0.3 is 14.8 Å². The van der Waals surface area contributed by atoms with Gasteiger partial charge in [0.05, 0.1) is 13.2 Å². The highest BCUT2D eigenvalue weighted by Gasteiger charge is 2.20. The molecule has 0 aliphatic heterocycles. The zero-order valence-corrected chi connectivity index (χ0v) is 7.14. The largest absolute Gasteiger partial charge is 0.349 e. The molecule has 0 saturated heterocycles. The van der Waals surface area contributed by atoms with Crippen molar-refractivity contribution < 1.29 is 13.6 Å². The van der Waals surface area contributed by atoms with Crippen molar-refractivity contribution in [2.24, 2.45) is 5.73 Å². The van der Waals surface area contributed by atoms with Crippen molar-refractivity contribution >= 4 is 7.60 Å². The van der Waals surface area contributed by atoms with Crippen LogP contribution in [0.25, 0.3) is 0 Å². The molecule has 0 aromatic rings. The molecule has 0 fully saturated rings. The van der Waals surface area contributed by atoms with Crippen LogP contribution in [0.3, 0.4) is 0 Å². The highest BCUT2D eigenvalue weighted by molar-refractivity contribution is 7.56. The van der Waals surface area contributed by atoms with Gasteiger partial charge in [-0.05, 0) is 13.8 Å². The Labute approximate surface area is 61.2 Å². The molecule has 2 N–H and O–H groups in total. The van der Waals surface area contributed by atoms with Crippen LogP contribution < -0.4 is 5.73 Å². The summed E-state index contributed by atoms with van der Waals surface area (Å²) in [7, 11) is -3.05. The van der Waals surface area contributed by atoms with Crippen molar-refractivity contribution in [3.05, 3.63) is 6.29 Å². The average Bonchev–Trinajstić information content (AvgIpc) is 1.89. The van der Waals surface area contributed by atoms with Crippen LogP contribution in [0.15, 0.2) is 0 Å².